The van der Waals surface area contributed by atoms with Crippen LogP contribution in [-0.4, -0.2) is 56.6 Å². The van der Waals surface area contributed by atoms with Gasteiger partial charge in [-0.05, 0) is 79.9 Å². The number of ether oxygens (including phenoxy) is 2. The lowest BCUT2D eigenvalue weighted by molar-refractivity contribution is -0.140. The highest BCUT2D eigenvalue weighted by atomic mass is 32.2. The quantitative estimate of drug-likeness (QED) is 0.236. The van der Waals surface area contributed by atoms with E-state index in [1.54, 1.807) is 37.3 Å². The zero-order chi connectivity index (χ0) is 30.6. The molecule has 12 heteroatoms. The Morgan fingerprint density at radius 1 is 1.00 bits per heavy atom. The minimum atomic E-state index is -3.87. The van der Waals surface area contributed by atoms with Crippen molar-refractivity contribution < 1.29 is 32.3 Å². The molecule has 0 radical (unpaired) electrons. The largest absolute Gasteiger partial charge is 0.453 e. The molecule has 0 bridgehead atoms. The van der Waals surface area contributed by atoms with E-state index in [0.29, 0.717) is 41.3 Å². The summed E-state index contributed by atoms with van der Waals surface area (Å²) in [4.78, 5) is 37.4. The molecule has 1 atom stereocenters. The molecule has 0 spiro atoms. The maximum Gasteiger partial charge on any atom is 0.411 e. The first-order valence-corrected chi connectivity index (χ1v) is 15.0. The molecule has 222 valence electrons. The molecular formula is C31H30N4O7S. The van der Waals surface area contributed by atoms with Gasteiger partial charge in [-0.1, -0.05) is 30.3 Å². The summed E-state index contributed by atoms with van der Waals surface area (Å²) in [6.07, 6.45) is 2.07. The maximum absolute atomic E-state index is 13.3. The van der Waals surface area contributed by atoms with E-state index in [4.69, 9.17) is 4.74 Å². The number of nitrogens with zero attached hydrogens (tertiary/aromatic N) is 3. The van der Waals surface area contributed by atoms with Crippen LogP contribution in [0.5, 0.6) is 5.75 Å². The van der Waals surface area contributed by atoms with E-state index >= 15 is 0 Å². The van der Waals surface area contributed by atoms with Crippen molar-refractivity contribution in [2.75, 3.05) is 30.5 Å². The SMILES string of the molecule is COC(=O)Nc1ccc(S(=O)(=O)N2CCCC(C(=O)Oc3ccc(/C=C4\C(=O)N(c5ccccc5)N=C4C)cc3)C2)cc1. The number of hydrogen-bond acceptors (Lipinski definition) is 8. The van der Waals surface area contributed by atoms with Gasteiger partial charge in [-0.3, -0.25) is 14.9 Å². The van der Waals surface area contributed by atoms with Gasteiger partial charge in [-0.25, -0.2) is 13.2 Å². The van der Waals surface area contributed by atoms with Crippen LogP contribution in [0.3, 0.4) is 0 Å². The standard InChI is InChI=1S/C31H30N4O7S/c1-21-28(29(36)35(33-21)25-8-4-3-5-9-25)19-22-10-14-26(15-11-22)42-30(37)23-7-6-18-34(20-23)43(39,40)27-16-12-24(13-17-27)32-31(38)41-2/h3-5,8-17,19,23H,6-7,18,20H2,1-2H3,(H,32,38)/b28-19-. The number of piperidine rings is 1. The van der Waals surface area contributed by atoms with Crippen LogP contribution in [0.25, 0.3) is 6.08 Å². The third-order valence-electron chi connectivity index (χ3n) is 7.11. The summed E-state index contributed by atoms with van der Waals surface area (Å²) in [5.74, 6) is -1.07. The molecule has 0 saturated carbocycles. The number of rotatable bonds is 7. The molecule has 2 aliphatic heterocycles. The Morgan fingerprint density at radius 2 is 1.70 bits per heavy atom. The number of benzene rings is 3. The predicted octanol–water partition coefficient (Wildman–Crippen LogP) is 4.68. The van der Waals surface area contributed by atoms with E-state index in [1.165, 1.54) is 40.7 Å². The molecule has 1 N–H and O–H groups in total. The first-order chi connectivity index (χ1) is 20.7. The Hall–Kier alpha value is -4.81. The molecular weight excluding hydrogens is 572 g/mol. The third kappa shape index (κ3) is 6.65. The molecule has 2 amide bonds. The number of amides is 2. The first kappa shape index (κ1) is 29.7. The highest BCUT2D eigenvalue weighted by Gasteiger charge is 2.34. The van der Waals surface area contributed by atoms with Gasteiger partial charge < -0.3 is 9.47 Å². The average molecular weight is 603 g/mol. The Balaban J connectivity index is 1.21. The fourth-order valence-electron chi connectivity index (χ4n) is 4.81. The lowest BCUT2D eigenvalue weighted by Crippen LogP contribution is -2.43. The highest BCUT2D eigenvalue weighted by Crippen LogP contribution is 2.28. The number of methoxy groups -OCH3 is 1. The second-order valence-electron chi connectivity index (χ2n) is 10.0. The number of esters is 1. The third-order valence-corrected chi connectivity index (χ3v) is 8.99. The molecule has 2 aliphatic rings. The fourth-order valence-corrected chi connectivity index (χ4v) is 6.33. The van der Waals surface area contributed by atoms with Crippen molar-refractivity contribution in [1.82, 2.24) is 4.31 Å². The molecule has 1 saturated heterocycles. The summed E-state index contributed by atoms with van der Waals surface area (Å²) in [5.41, 5.74) is 2.86. The van der Waals surface area contributed by atoms with E-state index < -0.39 is 28.0 Å². The average Bonchev–Trinajstić information content (AvgIpc) is 3.31. The second-order valence-corrected chi connectivity index (χ2v) is 12.0. The van der Waals surface area contributed by atoms with Gasteiger partial charge in [0.1, 0.15) is 5.75 Å². The van der Waals surface area contributed by atoms with Crippen LogP contribution in [0.15, 0.2) is 94.4 Å². The maximum atomic E-state index is 13.3. The molecule has 1 fully saturated rings. The van der Waals surface area contributed by atoms with E-state index in [2.05, 4.69) is 15.2 Å². The summed E-state index contributed by atoms with van der Waals surface area (Å²) >= 11 is 0. The van der Waals surface area contributed by atoms with E-state index in [-0.39, 0.29) is 23.9 Å². The van der Waals surface area contributed by atoms with Crippen LogP contribution in [-0.2, 0) is 24.3 Å². The highest BCUT2D eigenvalue weighted by molar-refractivity contribution is 7.89. The zero-order valence-corrected chi connectivity index (χ0v) is 24.4. The first-order valence-electron chi connectivity index (χ1n) is 13.6. The summed E-state index contributed by atoms with van der Waals surface area (Å²) in [6, 6.07) is 21.6. The van der Waals surface area contributed by atoms with E-state index in [0.717, 1.165) is 5.56 Å². The van der Waals surface area contributed by atoms with Gasteiger partial charge in [0.05, 0.1) is 34.9 Å². The van der Waals surface area contributed by atoms with Crippen LogP contribution in [0, 0.1) is 5.92 Å². The molecule has 43 heavy (non-hydrogen) atoms. The van der Waals surface area contributed by atoms with Gasteiger partial charge in [0.15, 0.2) is 0 Å². The molecule has 2 heterocycles. The molecule has 1 unspecified atom stereocenters. The predicted molar refractivity (Wildman–Crippen MR) is 161 cm³/mol. The fraction of sp³-hybridized carbons (Fsp3) is 0.226. The van der Waals surface area contributed by atoms with Crippen LogP contribution in [0.2, 0.25) is 0 Å². The van der Waals surface area contributed by atoms with Crippen LogP contribution in [0.1, 0.15) is 25.3 Å². The van der Waals surface area contributed by atoms with Gasteiger partial charge in [-0.15, -0.1) is 0 Å². The van der Waals surface area contributed by atoms with Gasteiger partial charge >= 0.3 is 12.1 Å². The number of anilines is 2. The van der Waals surface area contributed by atoms with Crippen LogP contribution < -0.4 is 15.1 Å². The van der Waals surface area contributed by atoms with Gasteiger partial charge in [0, 0.05) is 18.8 Å². The number of hydrazone groups is 1. The van der Waals surface area contributed by atoms with Crippen molar-refractivity contribution in [3.63, 3.8) is 0 Å². The molecule has 11 nitrogen and oxygen atoms in total. The van der Waals surface area contributed by atoms with Gasteiger partial charge in [0.25, 0.3) is 5.91 Å². The second kappa shape index (κ2) is 12.6. The van der Waals surface area contributed by atoms with Crippen molar-refractivity contribution in [1.29, 1.82) is 0 Å². The Kier molecular flexibility index (Phi) is 8.69. The van der Waals surface area contributed by atoms with E-state index in [9.17, 15) is 22.8 Å². The Bertz CT molecular complexity index is 1690. The minimum absolute atomic E-state index is 0.00779. The normalized spacial score (nSPS) is 18.3. The smallest absolute Gasteiger partial charge is 0.411 e. The zero-order valence-electron chi connectivity index (χ0n) is 23.6. The summed E-state index contributed by atoms with van der Waals surface area (Å²) < 4.78 is 37.9. The summed E-state index contributed by atoms with van der Waals surface area (Å²) in [6.45, 7) is 2.04. The monoisotopic (exact) mass is 602 g/mol. The molecule has 0 aromatic heterocycles. The van der Waals surface area contributed by atoms with Crippen molar-refractivity contribution in [2.45, 2.75) is 24.7 Å². The number of carbonyl (C=O) groups excluding carboxylic acids is 3. The minimum Gasteiger partial charge on any atom is -0.453 e. The molecule has 3 aromatic carbocycles. The summed E-state index contributed by atoms with van der Waals surface area (Å²) in [5, 5.41) is 8.22. The van der Waals surface area contributed by atoms with Gasteiger partial charge in [-0.2, -0.15) is 14.4 Å². The molecule has 3 aromatic rings. The number of carbonyl (C=O) groups is 3. The lowest BCUT2D eigenvalue weighted by atomic mass is 10.00. The van der Waals surface area contributed by atoms with Crippen molar-refractivity contribution >= 4 is 51.2 Å². The summed E-state index contributed by atoms with van der Waals surface area (Å²) in [7, 11) is -2.63. The molecule has 0 aliphatic carbocycles. The van der Waals surface area contributed by atoms with Crippen molar-refractivity contribution in [2.24, 2.45) is 11.0 Å². The van der Waals surface area contributed by atoms with Gasteiger partial charge in [0.2, 0.25) is 10.0 Å². The number of sulfonamides is 1. The van der Waals surface area contributed by atoms with Crippen molar-refractivity contribution in [3.8, 4) is 5.75 Å². The topological polar surface area (TPSA) is 135 Å². The lowest BCUT2D eigenvalue weighted by Gasteiger charge is -2.30. The van der Waals surface area contributed by atoms with Crippen LogP contribution >= 0.6 is 0 Å². The number of para-hydroxylation sites is 1. The van der Waals surface area contributed by atoms with E-state index in [1.807, 2.05) is 30.3 Å². The van der Waals surface area contributed by atoms with Crippen molar-refractivity contribution in [3.05, 3.63) is 90.0 Å². The number of nitrogens with one attached hydrogen (secondary N) is 1. The van der Waals surface area contributed by atoms with Crippen LogP contribution in [0.4, 0.5) is 16.2 Å². The molecule has 5 rings (SSSR count). The Morgan fingerprint density at radius 3 is 2.37 bits per heavy atom. The number of hydrogen-bond donors (Lipinski definition) is 1. The Labute approximate surface area is 249 Å².